The van der Waals surface area contributed by atoms with Crippen molar-refractivity contribution in [2.24, 2.45) is 4.99 Å². The van der Waals surface area contributed by atoms with Gasteiger partial charge in [0.05, 0.1) is 17.4 Å². The lowest BCUT2D eigenvalue weighted by Crippen LogP contribution is -1.83. The van der Waals surface area contributed by atoms with Gasteiger partial charge in [0.2, 0.25) is 0 Å². The van der Waals surface area contributed by atoms with Crippen molar-refractivity contribution in [3.63, 3.8) is 0 Å². The van der Waals surface area contributed by atoms with Gasteiger partial charge in [0.15, 0.2) is 0 Å². The van der Waals surface area contributed by atoms with Crippen molar-refractivity contribution < 1.29 is 0 Å². The molecule has 0 fully saturated rings. The first kappa shape index (κ1) is 5.80. The highest BCUT2D eigenvalue weighted by Gasteiger charge is 2.02. The van der Waals surface area contributed by atoms with Crippen LogP contribution < -0.4 is 0 Å². The number of rotatable bonds is 0. The Hall–Kier alpha value is -0.960. The summed E-state index contributed by atoms with van der Waals surface area (Å²) in [7, 11) is 0. The molecule has 1 aliphatic rings. The number of aliphatic imine (C=N–C) groups is 1. The van der Waals surface area contributed by atoms with Crippen molar-refractivity contribution in [3.8, 4) is 0 Å². The number of hydrogen-bond acceptors (Lipinski definition) is 3. The van der Waals surface area contributed by atoms with Crippen LogP contribution in [0.15, 0.2) is 22.8 Å². The molecule has 0 unspecified atom stereocenters. The van der Waals surface area contributed by atoms with Crippen LogP contribution in [0.25, 0.3) is 0 Å². The monoisotopic (exact) mass is 150 g/mol. The predicted molar refractivity (Wildman–Crippen MR) is 42.6 cm³/mol. The van der Waals surface area contributed by atoms with Gasteiger partial charge < -0.3 is 0 Å². The maximum atomic E-state index is 4.15. The quantitative estimate of drug-likeness (QED) is 0.551. The molecule has 0 saturated carbocycles. The largest absolute Gasteiger partial charge is 0.263 e. The second-order valence-corrected chi connectivity index (χ2v) is 2.97. The van der Waals surface area contributed by atoms with E-state index in [9.17, 15) is 0 Å². The molecule has 0 atom stereocenters. The van der Waals surface area contributed by atoms with E-state index in [1.54, 1.807) is 17.6 Å². The number of fused-ring (bicyclic) bond motifs is 1. The van der Waals surface area contributed by atoms with Gasteiger partial charge in [-0.3, -0.25) is 4.99 Å². The third-order valence-corrected chi connectivity index (χ3v) is 2.24. The molecule has 0 radical (unpaired) electrons. The first-order valence-electron chi connectivity index (χ1n) is 3.07. The van der Waals surface area contributed by atoms with Crippen molar-refractivity contribution in [1.82, 2.24) is 4.98 Å². The topological polar surface area (TPSA) is 25.2 Å². The smallest absolute Gasteiger partial charge is 0.0956 e. The molecule has 0 aromatic carbocycles. The Morgan fingerprint density at radius 3 is 3.50 bits per heavy atom. The second-order valence-electron chi connectivity index (χ2n) is 2.03. The van der Waals surface area contributed by atoms with Crippen LogP contribution in [0.3, 0.4) is 0 Å². The zero-order chi connectivity index (χ0) is 6.81. The van der Waals surface area contributed by atoms with Crippen molar-refractivity contribution in [2.45, 2.75) is 6.42 Å². The van der Waals surface area contributed by atoms with Crippen LogP contribution in [0, 0.1) is 0 Å². The fraction of sp³-hybridized carbons (Fsp3) is 0.143. The van der Waals surface area contributed by atoms with Crippen LogP contribution >= 0.6 is 11.3 Å². The average molecular weight is 150 g/mol. The van der Waals surface area contributed by atoms with E-state index in [1.807, 2.05) is 17.8 Å². The molecule has 3 heteroatoms. The summed E-state index contributed by atoms with van der Waals surface area (Å²) in [6.45, 7) is 0. The van der Waals surface area contributed by atoms with E-state index in [0.29, 0.717) is 0 Å². The van der Waals surface area contributed by atoms with E-state index < -0.39 is 0 Å². The van der Waals surface area contributed by atoms with Crippen molar-refractivity contribution in [2.75, 3.05) is 0 Å². The zero-order valence-corrected chi connectivity index (χ0v) is 6.14. The number of thiazole rings is 1. The minimum atomic E-state index is 0.972. The minimum absolute atomic E-state index is 0.972. The average Bonchev–Trinajstić information content (AvgIpc) is 2.28. The van der Waals surface area contributed by atoms with Crippen LogP contribution in [0.4, 0.5) is 0 Å². The third kappa shape index (κ3) is 0.885. The zero-order valence-electron chi connectivity index (χ0n) is 5.32. The van der Waals surface area contributed by atoms with Gasteiger partial charge in [0.25, 0.3) is 0 Å². The summed E-state index contributed by atoms with van der Waals surface area (Å²) in [6.07, 6.45) is 6.63. The van der Waals surface area contributed by atoms with Crippen molar-refractivity contribution in [3.05, 3.63) is 28.4 Å². The lowest BCUT2D eigenvalue weighted by Gasteiger charge is -1.85. The van der Waals surface area contributed by atoms with Crippen molar-refractivity contribution >= 4 is 17.6 Å². The highest BCUT2D eigenvalue weighted by molar-refractivity contribution is 7.09. The van der Waals surface area contributed by atoms with Crippen LogP contribution in [0.2, 0.25) is 0 Å². The molecule has 0 spiro atoms. The Bertz CT molecular complexity index is 286. The molecule has 50 valence electrons. The fourth-order valence-corrected chi connectivity index (χ4v) is 1.58. The lowest BCUT2D eigenvalue weighted by atomic mass is 10.3. The molecule has 0 saturated heterocycles. The normalized spacial score (nSPS) is 14.8. The molecule has 0 amide bonds. The molecular formula is C7H6N2S. The van der Waals surface area contributed by atoms with Crippen LogP contribution in [0.5, 0.6) is 0 Å². The molecule has 1 aromatic rings. The molecule has 1 aromatic heterocycles. The molecule has 2 rings (SSSR count). The number of aromatic nitrogens is 1. The van der Waals surface area contributed by atoms with E-state index >= 15 is 0 Å². The van der Waals surface area contributed by atoms with Gasteiger partial charge in [0, 0.05) is 17.5 Å². The highest BCUT2D eigenvalue weighted by Crippen LogP contribution is 2.14. The predicted octanol–water partition coefficient (Wildman–Crippen LogP) is 1.63. The summed E-state index contributed by atoms with van der Waals surface area (Å²) in [4.78, 5) is 9.47. The Morgan fingerprint density at radius 2 is 2.50 bits per heavy atom. The van der Waals surface area contributed by atoms with Gasteiger partial charge in [-0.05, 0) is 0 Å². The Balaban J connectivity index is 2.50. The molecule has 0 bridgehead atoms. The highest BCUT2D eigenvalue weighted by atomic mass is 32.1. The summed E-state index contributed by atoms with van der Waals surface area (Å²) in [5.41, 5.74) is 2.88. The molecular weight excluding hydrogens is 144 g/mol. The van der Waals surface area contributed by atoms with Gasteiger partial charge in [-0.2, -0.15) is 0 Å². The lowest BCUT2D eigenvalue weighted by molar-refractivity contribution is 1.28. The number of hydrogen-bond donors (Lipinski definition) is 0. The maximum Gasteiger partial charge on any atom is 0.0956 e. The number of nitrogens with zero attached hydrogens (tertiary/aromatic N) is 2. The van der Waals surface area contributed by atoms with E-state index in [1.165, 1.54) is 4.88 Å². The summed E-state index contributed by atoms with van der Waals surface area (Å²) in [5, 5.41) is 0. The SMILES string of the molecule is C1=CN=Cc2ncsc2C1. The summed E-state index contributed by atoms with van der Waals surface area (Å²) < 4.78 is 0. The Labute approximate surface area is 63.0 Å². The van der Waals surface area contributed by atoms with E-state index in [-0.39, 0.29) is 0 Å². The first-order valence-corrected chi connectivity index (χ1v) is 3.95. The molecule has 0 aliphatic carbocycles. The standard InChI is InChI=1S/C7H6N2S/c1-2-7-6(4-8-3-1)9-5-10-7/h1,3-5H,2H2. The van der Waals surface area contributed by atoms with Crippen LogP contribution in [0.1, 0.15) is 10.6 Å². The Morgan fingerprint density at radius 1 is 1.50 bits per heavy atom. The summed E-state index contributed by atoms with van der Waals surface area (Å²) in [5.74, 6) is 0. The van der Waals surface area contributed by atoms with E-state index in [0.717, 1.165) is 12.1 Å². The first-order chi connectivity index (χ1) is 4.97. The van der Waals surface area contributed by atoms with Gasteiger partial charge in [-0.1, -0.05) is 6.08 Å². The van der Waals surface area contributed by atoms with Gasteiger partial charge >= 0.3 is 0 Å². The summed E-state index contributed by atoms with van der Waals surface area (Å²) in [6, 6.07) is 0. The van der Waals surface area contributed by atoms with E-state index in [4.69, 9.17) is 0 Å². The molecule has 10 heavy (non-hydrogen) atoms. The fourth-order valence-electron chi connectivity index (χ4n) is 0.871. The van der Waals surface area contributed by atoms with Gasteiger partial charge in [-0.25, -0.2) is 4.98 Å². The van der Waals surface area contributed by atoms with Gasteiger partial charge in [-0.15, -0.1) is 11.3 Å². The molecule has 2 heterocycles. The molecule has 1 aliphatic heterocycles. The molecule has 2 nitrogen and oxygen atoms in total. The van der Waals surface area contributed by atoms with Crippen molar-refractivity contribution in [1.29, 1.82) is 0 Å². The van der Waals surface area contributed by atoms with Gasteiger partial charge in [0.1, 0.15) is 0 Å². The van der Waals surface area contributed by atoms with E-state index in [2.05, 4.69) is 9.98 Å². The Kier molecular flexibility index (Phi) is 1.36. The van der Waals surface area contributed by atoms with Crippen LogP contribution in [-0.2, 0) is 6.42 Å². The number of allylic oxidation sites excluding steroid dienone is 1. The molecule has 0 N–H and O–H groups in total. The van der Waals surface area contributed by atoms with Crippen LogP contribution in [-0.4, -0.2) is 11.2 Å². The maximum absolute atomic E-state index is 4.15. The summed E-state index contributed by atoms with van der Waals surface area (Å²) >= 11 is 1.69. The third-order valence-electron chi connectivity index (χ3n) is 1.36. The second kappa shape index (κ2) is 2.34. The minimum Gasteiger partial charge on any atom is -0.263 e.